The van der Waals surface area contributed by atoms with Gasteiger partial charge in [0, 0.05) is 15.4 Å². The van der Waals surface area contributed by atoms with Gasteiger partial charge in [-0.15, -0.1) is 11.8 Å². The Labute approximate surface area is 118 Å². The standard InChI is InChI=1S/C14H22BrNS/c1-3-10-16-12(2)7-6-11-17-14-9-5-4-8-13(14)15/h4-5,8-9,12,16H,3,6-7,10-11H2,1-2H3. The van der Waals surface area contributed by atoms with Gasteiger partial charge in [0.05, 0.1) is 0 Å². The first kappa shape index (κ1) is 15.1. The Bertz CT molecular complexity index is 317. The van der Waals surface area contributed by atoms with Crippen LogP contribution in [0.15, 0.2) is 33.6 Å². The van der Waals surface area contributed by atoms with Crippen molar-refractivity contribution in [3.05, 3.63) is 28.7 Å². The molecule has 0 aliphatic heterocycles. The minimum atomic E-state index is 0.648. The molecule has 0 saturated heterocycles. The van der Waals surface area contributed by atoms with Crippen LogP contribution >= 0.6 is 27.7 Å². The molecule has 0 aliphatic rings. The lowest BCUT2D eigenvalue weighted by molar-refractivity contribution is 0.510. The molecule has 0 fully saturated rings. The number of hydrogen-bond donors (Lipinski definition) is 1. The number of hydrogen-bond acceptors (Lipinski definition) is 2. The fourth-order valence-corrected chi connectivity index (χ4v) is 3.17. The first-order valence-electron chi connectivity index (χ1n) is 6.34. The van der Waals surface area contributed by atoms with E-state index in [1.807, 2.05) is 11.8 Å². The smallest absolute Gasteiger partial charge is 0.0311 e. The first-order valence-corrected chi connectivity index (χ1v) is 8.12. The molecule has 0 heterocycles. The summed E-state index contributed by atoms with van der Waals surface area (Å²) in [5.74, 6) is 1.20. The van der Waals surface area contributed by atoms with Gasteiger partial charge in [0.1, 0.15) is 0 Å². The van der Waals surface area contributed by atoms with E-state index in [1.54, 1.807) is 0 Å². The number of benzene rings is 1. The highest BCUT2D eigenvalue weighted by molar-refractivity contribution is 9.10. The van der Waals surface area contributed by atoms with E-state index in [1.165, 1.54) is 34.4 Å². The zero-order valence-electron chi connectivity index (χ0n) is 10.7. The van der Waals surface area contributed by atoms with Crippen LogP contribution in [-0.4, -0.2) is 18.3 Å². The summed E-state index contributed by atoms with van der Waals surface area (Å²) in [6.07, 6.45) is 3.75. The van der Waals surface area contributed by atoms with Gasteiger partial charge >= 0.3 is 0 Å². The van der Waals surface area contributed by atoms with Crippen LogP contribution in [0.2, 0.25) is 0 Å². The Hall–Kier alpha value is 0.01000. The van der Waals surface area contributed by atoms with Crippen molar-refractivity contribution in [2.24, 2.45) is 0 Å². The van der Waals surface area contributed by atoms with Gasteiger partial charge in [0.25, 0.3) is 0 Å². The predicted octanol–water partition coefficient (Wildman–Crippen LogP) is 4.71. The van der Waals surface area contributed by atoms with Crippen molar-refractivity contribution in [1.82, 2.24) is 5.32 Å². The summed E-state index contributed by atoms with van der Waals surface area (Å²) in [6.45, 7) is 5.62. The van der Waals surface area contributed by atoms with E-state index in [0.717, 1.165) is 6.54 Å². The van der Waals surface area contributed by atoms with Crippen molar-refractivity contribution >= 4 is 27.7 Å². The maximum Gasteiger partial charge on any atom is 0.0311 e. The zero-order valence-corrected chi connectivity index (χ0v) is 13.1. The van der Waals surface area contributed by atoms with E-state index in [9.17, 15) is 0 Å². The molecule has 17 heavy (non-hydrogen) atoms. The summed E-state index contributed by atoms with van der Waals surface area (Å²) in [6, 6.07) is 9.08. The molecule has 96 valence electrons. The monoisotopic (exact) mass is 315 g/mol. The van der Waals surface area contributed by atoms with Crippen LogP contribution in [0.1, 0.15) is 33.1 Å². The highest BCUT2D eigenvalue weighted by Crippen LogP contribution is 2.27. The zero-order chi connectivity index (χ0) is 12.5. The molecule has 1 unspecified atom stereocenters. The molecule has 1 nitrogen and oxygen atoms in total. The average molecular weight is 316 g/mol. The summed E-state index contributed by atoms with van der Waals surface area (Å²) in [4.78, 5) is 1.35. The summed E-state index contributed by atoms with van der Waals surface area (Å²) >= 11 is 5.52. The molecule has 1 N–H and O–H groups in total. The van der Waals surface area contributed by atoms with E-state index < -0.39 is 0 Å². The lowest BCUT2D eigenvalue weighted by atomic mass is 10.2. The van der Waals surface area contributed by atoms with Crippen molar-refractivity contribution in [1.29, 1.82) is 0 Å². The van der Waals surface area contributed by atoms with Gasteiger partial charge in [-0.05, 0) is 66.5 Å². The number of nitrogens with one attached hydrogen (secondary N) is 1. The third-order valence-electron chi connectivity index (χ3n) is 2.62. The molecule has 1 atom stereocenters. The summed E-state index contributed by atoms with van der Waals surface area (Å²) in [5.41, 5.74) is 0. The average Bonchev–Trinajstić information content (AvgIpc) is 2.34. The highest BCUT2D eigenvalue weighted by Gasteiger charge is 2.02. The quantitative estimate of drug-likeness (QED) is 0.551. The Kier molecular flexibility index (Phi) is 7.99. The molecule has 0 bridgehead atoms. The lowest BCUT2D eigenvalue weighted by Gasteiger charge is -2.12. The van der Waals surface area contributed by atoms with Crippen LogP contribution in [-0.2, 0) is 0 Å². The third-order valence-corrected chi connectivity index (χ3v) is 4.73. The van der Waals surface area contributed by atoms with E-state index in [0.29, 0.717) is 6.04 Å². The minimum absolute atomic E-state index is 0.648. The number of thioether (sulfide) groups is 1. The molecule has 3 heteroatoms. The van der Waals surface area contributed by atoms with E-state index in [-0.39, 0.29) is 0 Å². The van der Waals surface area contributed by atoms with Crippen LogP contribution in [0, 0.1) is 0 Å². The Balaban J connectivity index is 2.14. The molecule has 1 aromatic rings. The molecular weight excluding hydrogens is 294 g/mol. The van der Waals surface area contributed by atoms with Gasteiger partial charge in [-0.2, -0.15) is 0 Å². The minimum Gasteiger partial charge on any atom is -0.314 e. The van der Waals surface area contributed by atoms with E-state index in [4.69, 9.17) is 0 Å². The van der Waals surface area contributed by atoms with Crippen LogP contribution in [0.25, 0.3) is 0 Å². The van der Waals surface area contributed by atoms with Gasteiger partial charge in [0.15, 0.2) is 0 Å². The van der Waals surface area contributed by atoms with Gasteiger partial charge in [-0.25, -0.2) is 0 Å². The van der Waals surface area contributed by atoms with Crippen LogP contribution in [0.5, 0.6) is 0 Å². The topological polar surface area (TPSA) is 12.0 Å². The second-order valence-electron chi connectivity index (χ2n) is 4.28. The second kappa shape index (κ2) is 9.01. The maximum absolute atomic E-state index is 3.58. The molecule has 0 amide bonds. The van der Waals surface area contributed by atoms with Crippen LogP contribution in [0.4, 0.5) is 0 Å². The fraction of sp³-hybridized carbons (Fsp3) is 0.571. The maximum atomic E-state index is 3.58. The van der Waals surface area contributed by atoms with Gasteiger partial charge in [0.2, 0.25) is 0 Å². The molecule has 0 aromatic heterocycles. The van der Waals surface area contributed by atoms with Crippen LogP contribution < -0.4 is 5.32 Å². The van der Waals surface area contributed by atoms with Gasteiger partial charge in [-0.3, -0.25) is 0 Å². The van der Waals surface area contributed by atoms with Crippen molar-refractivity contribution in [2.75, 3.05) is 12.3 Å². The Morgan fingerprint density at radius 2 is 2.12 bits per heavy atom. The normalized spacial score (nSPS) is 12.6. The molecule has 0 spiro atoms. The van der Waals surface area contributed by atoms with Crippen molar-refractivity contribution in [2.45, 2.75) is 44.0 Å². The lowest BCUT2D eigenvalue weighted by Crippen LogP contribution is -2.26. The summed E-state index contributed by atoms with van der Waals surface area (Å²) in [5, 5.41) is 3.52. The number of halogens is 1. The third kappa shape index (κ3) is 6.49. The summed E-state index contributed by atoms with van der Waals surface area (Å²) in [7, 11) is 0. The van der Waals surface area contributed by atoms with Gasteiger partial charge < -0.3 is 5.32 Å². The van der Waals surface area contributed by atoms with Gasteiger partial charge in [-0.1, -0.05) is 19.1 Å². The molecular formula is C14H22BrNS. The fourth-order valence-electron chi connectivity index (χ4n) is 1.63. The number of rotatable bonds is 8. The predicted molar refractivity (Wildman–Crippen MR) is 81.9 cm³/mol. The highest BCUT2D eigenvalue weighted by atomic mass is 79.9. The van der Waals surface area contributed by atoms with Crippen molar-refractivity contribution < 1.29 is 0 Å². The largest absolute Gasteiger partial charge is 0.314 e. The van der Waals surface area contributed by atoms with E-state index in [2.05, 4.69) is 59.4 Å². The Morgan fingerprint density at radius 3 is 2.82 bits per heavy atom. The van der Waals surface area contributed by atoms with Crippen LogP contribution in [0.3, 0.4) is 0 Å². The molecule has 0 aliphatic carbocycles. The Morgan fingerprint density at radius 1 is 1.35 bits per heavy atom. The first-order chi connectivity index (χ1) is 8.24. The SMILES string of the molecule is CCCNC(C)CCCSc1ccccc1Br. The molecule has 0 radical (unpaired) electrons. The summed E-state index contributed by atoms with van der Waals surface area (Å²) < 4.78 is 1.21. The molecule has 0 saturated carbocycles. The molecule has 1 aromatic carbocycles. The van der Waals surface area contributed by atoms with E-state index >= 15 is 0 Å². The van der Waals surface area contributed by atoms with Crippen molar-refractivity contribution in [3.63, 3.8) is 0 Å². The molecule has 1 rings (SSSR count). The second-order valence-corrected chi connectivity index (χ2v) is 6.27. The van der Waals surface area contributed by atoms with Crippen molar-refractivity contribution in [3.8, 4) is 0 Å².